The Bertz CT molecular complexity index is 955. The minimum Gasteiger partial charge on any atom is -0.466 e. The Morgan fingerprint density at radius 3 is 3.04 bits per heavy atom. The van der Waals surface area contributed by atoms with E-state index < -0.39 is 0 Å². The van der Waals surface area contributed by atoms with Crippen molar-refractivity contribution in [3.63, 3.8) is 0 Å². The molecule has 0 bridgehead atoms. The number of aliphatic hydroxyl groups excluding tert-OH is 1. The van der Waals surface area contributed by atoms with Gasteiger partial charge in [0.15, 0.2) is 0 Å². The number of hydrogen-bond acceptors (Lipinski definition) is 4. The number of carbonyl (C=O) groups excluding carboxylic acids is 1. The van der Waals surface area contributed by atoms with Crippen molar-refractivity contribution in [2.45, 2.75) is 18.9 Å². The van der Waals surface area contributed by atoms with Crippen molar-refractivity contribution in [3.8, 4) is 0 Å². The van der Waals surface area contributed by atoms with Crippen LogP contribution in [-0.2, 0) is 16.0 Å². The molecule has 1 aromatic carbocycles. The molecule has 2 N–H and O–H groups in total. The van der Waals surface area contributed by atoms with Gasteiger partial charge in [-0.05, 0) is 30.0 Å². The standard InChI is InChI=1S/C21H22N2O3/c1-26-21(25)16-10-23-9-8-15-13-4-2-3-5-17(13)22-19(15)20(23)18-12(11-24)6-7-14(16)18/h2-6,10,14,18,20,22,24H,7-9,11H2,1H3/t14-,18-,20-/m1/s1. The minimum absolute atomic E-state index is 0.0372. The first kappa shape index (κ1) is 15.7. The molecule has 0 spiro atoms. The first-order valence-electron chi connectivity index (χ1n) is 9.18. The van der Waals surface area contributed by atoms with Crippen LogP contribution in [0.2, 0.25) is 0 Å². The van der Waals surface area contributed by atoms with Crippen LogP contribution < -0.4 is 0 Å². The summed E-state index contributed by atoms with van der Waals surface area (Å²) < 4.78 is 5.04. The van der Waals surface area contributed by atoms with E-state index in [9.17, 15) is 9.90 Å². The van der Waals surface area contributed by atoms with E-state index in [0.717, 1.165) is 36.0 Å². The Morgan fingerprint density at radius 1 is 1.38 bits per heavy atom. The molecule has 0 saturated heterocycles. The summed E-state index contributed by atoms with van der Waals surface area (Å²) in [5, 5.41) is 11.2. The maximum Gasteiger partial charge on any atom is 0.335 e. The summed E-state index contributed by atoms with van der Waals surface area (Å²) in [4.78, 5) is 18.3. The normalized spacial score (nSPS) is 26.7. The van der Waals surface area contributed by atoms with Crippen LogP contribution in [0, 0.1) is 11.8 Å². The van der Waals surface area contributed by atoms with Gasteiger partial charge in [0.1, 0.15) is 0 Å². The molecule has 0 amide bonds. The third kappa shape index (κ3) is 2.04. The van der Waals surface area contributed by atoms with E-state index in [1.807, 2.05) is 6.20 Å². The summed E-state index contributed by atoms with van der Waals surface area (Å²) in [5.74, 6) is -0.0806. The van der Waals surface area contributed by atoms with Crippen LogP contribution in [0.4, 0.5) is 0 Å². The molecule has 5 heteroatoms. The van der Waals surface area contributed by atoms with Gasteiger partial charge in [-0.1, -0.05) is 24.3 Å². The van der Waals surface area contributed by atoms with E-state index in [4.69, 9.17) is 4.74 Å². The Kier molecular flexibility index (Phi) is 3.47. The van der Waals surface area contributed by atoms with Gasteiger partial charge in [-0.3, -0.25) is 0 Å². The highest BCUT2D eigenvalue weighted by atomic mass is 16.5. The highest BCUT2D eigenvalue weighted by Gasteiger charge is 2.48. The van der Waals surface area contributed by atoms with Gasteiger partial charge in [0.25, 0.3) is 0 Å². The van der Waals surface area contributed by atoms with E-state index in [2.05, 4.69) is 40.2 Å². The molecule has 1 aliphatic carbocycles. The van der Waals surface area contributed by atoms with Crippen molar-refractivity contribution in [1.29, 1.82) is 0 Å². The second kappa shape index (κ2) is 5.74. The number of nitrogens with one attached hydrogen (secondary N) is 1. The number of aliphatic hydroxyl groups is 1. The molecular formula is C21H22N2O3. The molecule has 134 valence electrons. The number of benzene rings is 1. The van der Waals surface area contributed by atoms with Gasteiger partial charge in [-0.15, -0.1) is 0 Å². The summed E-state index contributed by atoms with van der Waals surface area (Å²) in [7, 11) is 1.44. The van der Waals surface area contributed by atoms with Crippen LogP contribution in [0.5, 0.6) is 0 Å². The summed E-state index contributed by atoms with van der Waals surface area (Å²) >= 11 is 0. The monoisotopic (exact) mass is 350 g/mol. The molecule has 1 aromatic heterocycles. The first-order valence-corrected chi connectivity index (χ1v) is 9.18. The molecule has 0 fully saturated rings. The summed E-state index contributed by atoms with van der Waals surface area (Å²) in [6, 6.07) is 8.55. The molecule has 5 nitrogen and oxygen atoms in total. The molecule has 3 heterocycles. The molecular weight excluding hydrogens is 328 g/mol. The zero-order valence-electron chi connectivity index (χ0n) is 14.7. The Morgan fingerprint density at radius 2 is 2.23 bits per heavy atom. The fraction of sp³-hybridized carbons (Fsp3) is 0.381. The number of ether oxygens (including phenoxy) is 1. The van der Waals surface area contributed by atoms with Gasteiger partial charge in [0, 0.05) is 41.2 Å². The fourth-order valence-electron chi connectivity index (χ4n) is 5.15. The van der Waals surface area contributed by atoms with E-state index in [0.29, 0.717) is 0 Å². The van der Waals surface area contributed by atoms with Gasteiger partial charge in [0.05, 0.1) is 25.3 Å². The van der Waals surface area contributed by atoms with Crippen molar-refractivity contribution >= 4 is 16.9 Å². The topological polar surface area (TPSA) is 65.6 Å². The lowest BCUT2D eigenvalue weighted by molar-refractivity contribution is -0.137. The minimum atomic E-state index is -0.256. The lowest BCUT2D eigenvalue weighted by Crippen LogP contribution is -2.43. The van der Waals surface area contributed by atoms with Gasteiger partial charge >= 0.3 is 5.97 Å². The SMILES string of the molecule is COC(=O)C1=CN2CCc3c([nH]c4ccccc34)[C@H]2[C@@H]2C(CO)=CC[C@H]12. The molecule has 2 aliphatic heterocycles. The molecule has 3 atom stereocenters. The number of aromatic amines is 1. The number of nitrogens with zero attached hydrogens (tertiary/aromatic N) is 1. The molecule has 0 saturated carbocycles. The fourth-order valence-corrected chi connectivity index (χ4v) is 5.15. The quantitative estimate of drug-likeness (QED) is 0.646. The van der Waals surface area contributed by atoms with E-state index >= 15 is 0 Å². The highest BCUT2D eigenvalue weighted by Crippen LogP contribution is 2.52. The Labute approximate surface area is 151 Å². The van der Waals surface area contributed by atoms with Crippen molar-refractivity contribution in [3.05, 3.63) is 58.9 Å². The number of hydrogen-bond donors (Lipinski definition) is 2. The second-order valence-corrected chi connectivity index (χ2v) is 7.38. The summed E-state index contributed by atoms with van der Waals surface area (Å²) in [6.07, 6.45) is 5.82. The third-order valence-electron chi connectivity index (χ3n) is 6.26. The predicted octanol–water partition coefficient (Wildman–Crippen LogP) is 2.69. The van der Waals surface area contributed by atoms with Crippen molar-refractivity contribution in [1.82, 2.24) is 9.88 Å². The van der Waals surface area contributed by atoms with E-state index in [-0.39, 0.29) is 30.5 Å². The number of rotatable bonds is 2. The predicted molar refractivity (Wildman–Crippen MR) is 98.3 cm³/mol. The zero-order valence-corrected chi connectivity index (χ0v) is 14.7. The number of methoxy groups -OCH3 is 1. The molecule has 26 heavy (non-hydrogen) atoms. The van der Waals surface area contributed by atoms with Gasteiger partial charge < -0.3 is 19.7 Å². The summed E-state index contributed by atoms with van der Waals surface area (Å²) in [5.41, 5.74) is 5.53. The Hall–Kier alpha value is -2.53. The van der Waals surface area contributed by atoms with Crippen molar-refractivity contribution in [2.75, 3.05) is 20.3 Å². The van der Waals surface area contributed by atoms with Crippen molar-refractivity contribution in [2.24, 2.45) is 11.8 Å². The lowest BCUT2D eigenvalue weighted by Gasteiger charge is -2.45. The first-order chi connectivity index (χ1) is 12.7. The average Bonchev–Trinajstić information content (AvgIpc) is 3.27. The maximum absolute atomic E-state index is 12.4. The van der Waals surface area contributed by atoms with Crippen molar-refractivity contribution < 1.29 is 14.6 Å². The number of para-hydroxylation sites is 1. The van der Waals surface area contributed by atoms with Crippen LogP contribution in [0.3, 0.4) is 0 Å². The largest absolute Gasteiger partial charge is 0.466 e. The van der Waals surface area contributed by atoms with Gasteiger partial charge in [-0.25, -0.2) is 4.79 Å². The number of fused-ring (bicyclic) bond motifs is 7. The van der Waals surface area contributed by atoms with Gasteiger partial charge in [0.2, 0.25) is 0 Å². The van der Waals surface area contributed by atoms with Crippen LogP contribution in [-0.4, -0.2) is 41.2 Å². The molecule has 0 radical (unpaired) electrons. The number of H-pyrrole nitrogens is 1. The second-order valence-electron chi connectivity index (χ2n) is 7.38. The summed E-state index contributed by atoms with van der Waals surface area (Å²) in [6.45, 7) is 0.900. The number of aromatic nitrogens is 1. The Balaban J connectivity index is 1.68. The smallest absolute Gasteiger partial charge is 0.335 e. The third-order valence-corrected chi connectivity index (χ3v) is 6.26. The zero-order chi connectivity index (χ0) is 17.8. The number of carbonyl (C=O) groups is 1. The maximum atomic E-state index is 12.4. The molecule has 0 unspecified atom stereocenters. The number of esters is 1. The van der Waals surface area contributed by atoms with E-state index in [1.165, 1.54) is 23.8 Å². The lowest BCUT2D eigenvalue weighted by atomic mass is 9.74. The molecule has 5 rings (SSSR count). The van der Waals surface area contributed by atoms with Crippen LogP contribution in [0.15, 0.2) is 47.7 Å². The molecule has 3 aliphatic rings. The van der Waals surface area contributed by atoms with E-state index in [1.54, 1.807) is 0 Å². The van der Waals surface area contributed by atoms with Crippen LogP contribution >= 0.6 is 0 Å². The van der Waals surface area contributed by atoms with Crippen LogP contribution in [0.1, 0.15) is 23.7 Å². The molecule has 2 aromatic rings. The number of allylic oxidation sites excluding steroid dienone is 1. The van der Waals surface area contributed by atoms with Gasteiger partial charge in [-0.2, -0.15) is 0 Å². The highest BCUT2D eigenvalue weighted by molar-refractivity contribution is 5.90. The average molecular weight is 350 g/mol. The van der Waals surface area contributed by atoms with Crippen LogP contribution in [0.25, 0.3) is 10.9 Å².